The van der Waals surface area contributed by atoms with Gasteiger partial charge in [0.05, 0.1) is 0 Å². The van der Waals surface area contributed by atoms with E-state index in [1.165, 1.54) is 24.3 Å². The first-order chi connectivity index (χ1) is 9.86. The van der Waals surface area contributed by atoms with Crippen molar-refractivity contribution in [2.75, 3.05) is 0 Å². The summed E-state index contributed by atoms with van der Waals surface area (Å²) < 4.78 is 10.1. The Kier molecular flexibility index (Phi) is 3.89. The number of primary amides is 1. The van der Waals surface area contributed by atoms with E-state index in [4.69, 9.17) is 14.9 Å². The van der Waals surface area contributed by atoms with Crippen LogP contribution in [-0.2, 0) is 4.79 Å². The van der Waals surface area contributed by atoms with Gasteiger partial charge in [0, 0.05) is 17.5 Å². The molecule has 1 amide bonds. The minimum Gasteiger partial charge on any atom is -0.423 e. The molecule has 2 rings (SSSR count). The Morgan fingerprint density at radius 3 is 2.57 bits per heavy atom. The molecule has 0 fully saturated rings. The Morgan fingerprint density at radius 2 is 1.95 bits per heavy atom. The van der Waals surface area contributed by atoms with Gasteiger partial charge in [0.15, 0.2) is 0 Å². The Morgan fingerprint density at radius 1 is 1.24 bits per heavy atom. The summed E-state index contributed by atoms with van der Waals surface area (Å²) in [6.45, 7) is 3.54. The molecule has 0 saturated heterocycles. The SMILES string of the molecule is CC(C)=CC(=O)Oc1ccc2cc(C(N)=O)c(=O)oc2c1. The van der Waals surface area contributed by atoms with Crippen LogP contribution in [0.25, 0.3) is 11.0 Å². The predicted octanol–water partition coefficient (Wildman–Crippen LogP) is 1.76. The quantitative estimate of drug-likeness (QED) is 0.401. The summed E-state index contributed by atoms with van der Waals surface area (Å²) in [5.74, 6) is -1.14. The summed E-state index contributed by atoms with van der Waals surface area (Å²) in [5, 5.41) is 0.505. The fraction of sp³-hybridized carbons (Fsp3) is 0.133. The summed E-state index contributed by atoms with van der Waals surface area (Å²) in [4.78, 5) is 34.2. The third-order valence-electron chi connectivity index (χ3n) is 2.60. The first kappa shape index (κ1) is 14.5. The van der Waals surface area contributed by atoms with Gasteiger partial charge in [-0.3, -0.25) is 4.79 Å². The van der Waals surface area contributed by atoms with Crippen molar-refractivity contribution in [2.24, 2.45) is 5.73 Å². The van der Waals surface area contributed by atoms with Crippen LogP contribution >= 0.6 is 0 Å². The zero-order valence-corrected chi connectivity index (χ0v) is 11.5. The highest BCUT2D eigenvalue weighted by molar-refractivity contribution is 5.95. The normalized spacial score (nSPS) is 10.2. The van der Waals surface area contributed by atoms with Crippen LogP contribution in [0.4, 0.5) is 0 Å². The predicted molar refractivity (Wildman–Crippen MR) is 76.1 cm³/mol. The molecular weight excluding hydrogens is 274 g/mol. The van der Waals surface area contributed by atoms with Crippen molar-refractivity contribution >= 4 is 22.8 Å². The molecule has 0 aliphatic heterocycles. The average Bonchev–Trinajstić information content (AvgIpc) is 2.36. The van der Waals surface area contributed by atoms with Crippen LogP contribution in [0.2, 0.25) is 0 Å². The highest BCUT2D eigenvalue weighted by Crippen LogP contribution is 2.20. The molecule has 2 N–H and O–H groups in total. The summed E-state index contributed by atoms with van der Waals surface area (Å²) in [6, 6.07) is 5.84. The maximum absolute atomic E-state index is 11.6. The number of nitrogens with two attached hydrogens (primary N) is 1. The number of hydrogen-bond donors (Lipinski definition) is 1. The van der Waals surface area contributed by atoms with E-state index in [9.17, 15) is 14.4 Å². The summed E-state index contributed by atoms with van der Waals surface area (Å²) in [5.41, 5.74) is 5.02. The van der Waals surface area contributed by atoms with Crippen LogP contribution in [0.15, 0.2) is 45.1 Å². The molecule has 0 radical (unpaired) electrons. The van der Waals surface area contributed by atoms with Crippen molar-refractivity contribution in [3.05, 3.63) is 51.9 Å². The topological polar surface area (TPSA) is 99.6 Å². The van der Waals surface area contributed by atoms with Gasteiger partial charge in [-0.25, -0.2) is 9.59 Å². The molecule has 0 saturated carbocycles. The van der Waals surface area contributed by atoms with Gasteiger partial charge < -0.3 is 14.9 Å². The molecule has 2 aromatic rings. The minimum absolute atomic E-state index is 0.201. The van der Waals surface area contributed by atoms with Gasteiger partial charge in [-0.1, -0.05) is 5.57 Å². The van der Waals surface area contributed by atoms with E-state index in [1.54, 1.807) is 19.9 Å². The van der Waals surface area contributed by atoms with Gasteiger partial charge in [0.25, 0.3) is 5.91 Å². The van der Waals surface area contributed by atoms with Crippen molar-refractivity contribution in [1.82, 2.24) is 0 Å². The van der Waals surface area contributed by atoms with Crippen LogP contribution in [0, 0.1) is 0 Å². The van der Waals surface area contributed by atoms with Gasteiger partial charge in [0.1, 0.15) is 16.9 Å². The number of carbonyl (C=O) groups is 2. The Hall–Kier alpha value is -2.89. The number of benzene rings is 1. The second-order valence-corrected chi connectivity index (χ2v) is 4.65. The minimum atomic E-state index is -0.857. The lowest BCUT2D eigenvalue weighted by Gasteiger charge is -2.04. The van der Waals surface area contributed by atoms with Crippen molar-refractivity contribution in [2.45, 2.75) is 13.8 Å². The molecule has 1 aromatic heterocycles. The first-order valence-corrected chi connectivity index (χ1v) is 6.11. The van der Waals surface area contributed by atoms with E-state index in [-0.39, 0.29) is 16.9 Å². The number of hydrogen-bond acceptors (Lipinski definition) is 5. The van der Waals surface area contributed by atoms with Crippen LogP contribution in [0.5, 0.6) is 5.75 Å². The van der Waals surface area contributed by atoms with Crippen LogP contribution in [0.3, 0.4) is 0 Å². The summed E-state index contributed by atoms with van der Waals surface area (Å²) >= 11 is 0. The lowest BCUT2D eigenvalue weighted by molar-refractivity contribution is -0.129. The van der Waals surface area contributed by atoms with E-state index in [0.717, 1.165) is 5.57 Å². The second kappa shape index (κ2) is 5.62. The van der Waals surface area contributed by atoms with Crippen molar-refractivity contribution in [1.29, 1.82) is 0 Å². The Labute approximate surface area is 119 Å². The number of allylic oxidation sites excluding steroid dienone is 1. The fourth-order valence-electron chi connectivity index (χ4n) is 1.71. The monoisotopic (exact) mass is 287 g/mol. The number of esters is 1. The largest absolute Gasteiger partial charge is 0.423 e. The van der Waals surface area contributed by atoms with Crippen LogP contribution in [-0.4, -0.2) is 11.9 Å². The zero-order valence-electron chi connectivity index (χ0n) is 11.5. The molecule has 0 atom stereocenters. The fourth-order valence-corrected chi connectivity index (χ4v) is 1.71. The molecule has 108 valence electrons. The molecule has 0 aliphatic rings. The lowest BCUT2D eigenvalue weighted by Crippen LogP contribution is -2.20. The van der Waals surface area contributed by atoms with Gasteiger partial charge in [-0.2, -0.15) is 0 Å². The van der Waals surface area contributed by atoms with Crippen molar-refractivity contribution in [3.8, 4) is 5.75 Å². The van der Waals surface area contributed by atoms with Crippen LogP contribution < -0.4 is 16.1 Å². The second-order valence-electron chi connectivity index (χ2n) is 4.65. The molecule has 0 aliphatic carbocycles. The molecule has 6 nitrogen and oxygen atoms in total. The summed E-state index contributed by atoms with van der Waals surface area (Å²) in [7, 11) is 0. The Balaban J connectivity index is 2.41. The highest BCUT2D eigenvalue weighted by atomic mass is 16.5. The van der Waals surface area contributed by atoms with E-state index in [0.29, 0.717) is 5.39 Å². The molecule has 0 bridgehead atoms. The van der Waals surface area contributed by atoms with Gasteiger partial charge in [-0.05, 0) is 32.0 Å². The zero-order chi connectivity index (χ0) is 15.6. The molecule has 6 heteroatoms. The molecule has 0 unspecified atom stereocenters. The molecule has 0 spiro atoms. The van der Waals surface area contributed by atoms with E-state index >= 15 is 0 Å². The van der Waals surface area contributed by atoms with Gasteiger partial charge in [-0.15, -0.1) is 0 Å². The number of ether oxygens (including phenoxy) is 1. The number of amides is 1. The van der Waals surface area contributed by atoms with E-state index in [1.807, 2.05) is 0 Å². The standard InChI is InChI=1S/C15H13NO5/c1-8(2)5-13(17)20-10-4-3-9-6-11(14(16)18)15(19)21-12(9)7-10/h3-7H,1-2H3,(H2,16,18). The number of fused-ring (bicyclic) bond motifs is 1. The van der Waals surface area contributed by atoms with Crippen molar-refractivity contribution < 1.29 is 18.7 Å². The first-order valence-electron chi connectivity index (χ1n) is 6.11. The smallest absolute Gasteiger partial charge is 0.349 e. The Bertz CT molecular complexity index is 812. The highest BCUT2D eigenvalue weighted by Gasteiger charge is 2.11. The molecule has 21 heavy (non-hydrogen) atoms. The lowest BCUT2D eigenvalue weighted by atomic mass is 10.2. The number of carbonyl (C=O) groups excluding carboxylic acids is 2. The maximum Gasteiger partial charge on any atom is 0.349 e. The molecule has 1 aromatic carbocycles. The van der Waals surface area contributed by atoms with Gasteiger partial charge in [0.2, 0.25) is 0 Å². The molecular formula is C15H13NO5. The summed E-state index contributed by atoms with van der Waals surface area (Å²) in [6.07, 6.45) is 1.34. The third kappa shape index (κ3) is 3.36. The average molecular weight is 287 g/mol. The van der Waals surface area contributed by atoms with Crippen LogP contribution in [0.1, 0.15) is 24.2 Å². The van der Waals surface area contributed by atoms with E-state index in [2.05, 4.69) is 0 Å². The molecule has 1 heterocycles. The van der Waals surface area contributed by atoms with E-state index < -0.39 is 17.5 Å². The maximum atomic E-state index is 11.6. The van der Waals surface area contributed by atoms with Gasteiger partial charge >= 0.3 is 11.6 Å². The van der Waals surface area contributed by atoms with Crippen molar-refractivity contribution in [3.63, 3.8) is 0 Å². The number of rotatable bonds is 3. The third-order valence-corrected chi connectivity index (χ3v) is 2.60.